The molecule has 1 saturated carbocycles. The molecule has 3 rings (SSSR count). The summed E-state index contributed by atoms with van der Waals surface area (Å²) in [7, 11) is 1.60. The van der Waals surface area contributed by atoms with Crippen LogP contribution in [0.25, 0.3) is 0 Å². The largest absolute Gasteiger partial charge is 0.481 e. The lowest BCUT2D eigenvalue weighted by molar-refractivity contribution is -0.145. The summed E-state index contributed by atoms with van der Waals surface area (Å²) < 4.78 is 16.2. The molecule has 1 heterocycles. The van der Waals surface area contributed by atoms with Gasteiger partial charge in [-0.2, -0.15) is 0 Å². The average Bonchev–Trinajstić information content (AvgIpc) is 2.97. The van der Waals surface area contributed by atoms with E-state index in [2.05, 4.69) is 0 Å². The maximum absolute atomic E-state index is 12.0. The standard InChI is InChI=1S/C16H20O5/c1-19-9-11-12(5-6-13-14(11)21-10-20-13)16(15(17)18)7-3-2-4-8-16/h5-6H,2-4,7-10H2,1H3,(H,17,18). The number of carbonyl (C=O) groups is 1. The Morgan fingerprint density at radius 2 is 2.05 bits per heavy atom. The van der Waals surface area contributed by atoms with Gasteiger partial charge < -0.3 is 19.3 Å². The van der Waals surface area contributed by atoms with Crippen LogP contribution in [0.5, 0.6) is 11.5 Å². The zero-order chi connectivity index (χ0) is 14.9. The third kappa shape index (κ3) is 2.25. The molecule has 0 amide bonds. The maximum atomic E-state index is 12.0. The van der Waals surface area contributed by atoms with Crippen LogP contribution in [0, 0.1) is 0 Å². The minimum absolute atomic E-state index is 0.176. The second-order valence-corrected chi connectivity index (χ2v) is 5.71. The predicted molar refractivity (Wildman–Crippen MR) is 75.7 cm³/mol. The van der Waals surface area contributed by atoms with Gasteiger partial charge in [0.15, 0.2) is 11.5 Å². The Kier molecular flexibility index (Phi) is 3.76. The summed E-state index contributed by atoms with van der Waals surface area (Å²) in [5, 5.41) is 9.87. The summed E-state index contributed by atoms with van der Waals surface area (Å²) in [6.45, 7) is 0.506. The number of carboxylic acids is 1. The van der Waals surface area contributed by atoms with Crippen molar-refractivity contribution in [2.75, 3.05) is 13.9 Å². The van der Waals surface area contributed by atoms with E-state index in [0.29, 0.717) is 30.9 Å². The van der Waals surface area contributed by atoms with Gasteiger partial charge in [-0.1, -0.05) is 25.3 Å². The highest BCUT2D eigenvalue weighted by molar-refractivity contribution is 5.83. The molecule has 1 N–H and O–H groups in total. The molecule has 0 radical (unpaired) electrons. The van der Waals surface area contributed by atoms with Crippen LogP contribution in [0.4, 0.5) is 0 Å². The van der Waals surface area contributed by atoms with Gasteiger partial charge in [0, 0.05) is 12.7 Å². The Morgan fingerprint density at radius 1 is 1.29 bits per heavy atom. The highest BCUT2D eigenvalue weighted by Gasteiger charge is 2.44. The third-order valence-corrected chi connectivity index (χ3v) is 4.56. The molecule has 0 spiro atoms. The van der Waals surface area contributed by atoms with Gasteiger partial charge in [-0.3, -0.25) is 4.79 Å². The average molecular weight is 292 g/mol. The van der Waals surface area contributed by atoms with Crippen LogP contribution in [-0.2, 0) is 21.6 Å². The molecular weight excluding hydrogens is 272 g/mol. The number of fused-ring (bicyclic) bond motifs is 1. The SMILES string of the molecule is COCc1c(C2(C(=O)O)CCCCC2)ccc2c1OCO2. The second-order valence-electron chi connectivity index (χ2n) is 5.71. The fourth-order valence-electron chi connectivity index (χ4n) is 3.52. The molecule has 5 nitrogen and oxygen atoms in total. The van der Waals surface area contributed by atoms with Crippen molar-refractivity contribution in [3.05, 3.63) is 23.3 Å². The molecule has 0 unspecified atom stereocenters. The zero-order valence-electron chi connectivity index (χ0n) is 12.2. The first-order valence-corrected chi connectivity index (χ1v) is 7.33. The molecule has 1 fully saturated rings. The number of hydrogen-bond donors (Lipinski definition) is 1. The molecule has 1 aromatic rings. The van der Waals surface area contributed by atoms with E-state index in [1.165, 1.54) is 0 Å². The lowest BCUT2D eigenvalue weighted by atomic mass is 9.68. The van der Waals surface area contributed by atoms with Gasteiger partial charge in [0.05, 0.1) is 12.0 Å². The van der Waals surface area contributed by atoms with E-state index in [4.69, 9.17) is 14.2 Å². The highest BCUT2D eigenvalue weighted by Crippen LogP contribution is 2.47. The van der Waals surface area contributed by atoms with Gasteiger partial charge >= 0.3 is 5.97 Å². The molecule has 114 valence electrons. The summed E-state index contributed by atoms with van der Waals surface area (Å²) >= 11 is 0. The van der Waals surface area contributed by atoms with Crippen molar-refractivity contribution in [1.82, 2.24) is 0 Å². The normalized spacial score (nSPS) is 19.5. The van der Waals surface area contributed by atoms with Crippen LogP contribution < -0.4 is 9.47 Å². The molecular formula is C16H20O5. The van der Waals surface area contributed by atoms with Crippen LogP contribution in [0.1, 0.15) is 43.2 Å². The molecule has 0 aromatic heterocycles. The van der Waals surface area contributed by atoms with Gasteiger partial charge in [0.2, 0.25) is 6.79 Å². The first-order valence-electron chi connectivity index (χ1n) is 7.33. The Morgan fingerprint density at radius 3 is 2.71 bits per heavy atom. The van der Waals surface area contributed by atoms with Gasteiger partial charge in [-0.05, 0) is 24.5 Å². The minimum Gasteiger partial charge on any atom is -0.481 e. The molecule has 1 aliphatic carbocycles. The van der Waals surface area contributed by atoms with Crippen LogP contribution in [0.3, 0.4) is 0 Å². The third-order valence-electron chi connectivity index (χ3n) is 4.56. The number of hydrogen-bond acceptors (Lipinski definition) is 4. The molecule has 21 heavy (non-hydrogen) atoms. The summed E-state index contributed by atoms with van der Waals surface area (Å²) in [5.74, 6) is 0.557. The topological polar surface area (TPSA) is 65.0 Å². The van der Waals surface area contributed by atoms with E-state index in [0.717, 1.165) is 30.4 Å². The van der Waals surface area contributed by atoms with Crippen molar-refractivity contribution in [3.8, 4) is 11.5 Å². The van der Waals surface area contributed by atoms with Gasteiger partial charge in [0.25, 0.3) is 0 Å². The van der Waals surface area contributed by atoms with E-state index in [-0.39, 0.29) is 6.79 Å². The van der Waals surface area contributed by atoms with Crippen molar-refractivity contribution in [3.63, 3.8) is 0 Å². The van der Waals surface area contributed by atoms with E-state index < -0.39 is 11.4 Å². The van der Waals surface area contributed by atoms with Crippen molar-refractivity contribution in [2.45, 2.75) is 44.1 Å². The minimum atomic E-state index is -0.826. The van der Waals surface area contributed by atoms with E-state index >= 15 is 0 Å². The summed E-state index contributed by atoms with van der Waals surface area (Å²) in [6, 6.07) is 3.69. The number of methoxy groups -OCH3 is 1. The Labute approximate surface area is 123 Å². The number of carboxylic acid groups (broad SMARTS) is 1. The van der Waals surface area contributed by atoms with E-state index in [1.807, 2.05) is 12.1 Å². The molecule has 5 heteroatoms. The van der Waals surface area contributed by atoms with Crippen molar-refractivity contribution in [2.24, 2.45) is 0 Å². The molecule has 1 aromatic carbocycles. The highest BCUT2D eigenvalue weighted by atomic mass is 16.7. The van der Waals surface area contributed by atoms with Gasteiger partial charge in [-0.25, -0.2) is 0 Å². The Hall–Kier alpha value is -1.75. The summed E-state index contributed by atoms with van der Waals surface area (Å²) in [5.41, 5.74) is 0.810. The molecule has 0 saturated heterocycles. The monoisotopic (exact) mass is 292 g/mol. The summed E-state index contributed by atoms with van der Waals surface area (Å²) in [6.07, 6.45) is 4.30. The quantitative estimate of drug-likeness (QED) is 0.924. The smallest absolute Gasteiger partial charge is 0.314 e. The van der Waals surface area contributed by atoms with Gasteiger partial charge in [0.1, 0.15) is 0 Å². The number of benzene rings is 1. The Balaban J connectivity index is 2.13. The lowest BCUT2D eigenvalue weighted by Gasteiger charge is -2.35. The van der Waals surface area contributed by atoms with E-state index in [9.17, 15) is 9.90 Å². The number of rotatable bonds is 4. The fourth-order valence-corrected chi connectivity index (χ4v) is 3.52. The van der Waals surface area contributed by atoms with Crippen LogP contribution in [0.15, 0.2) is 12.1 Å². The predicted octanol–water partition coefficient (Wildman–Crippen LogP) is 2.85. The van der Waals surface area contributed by atoms with Crippen LogP contribution in [0.2, 0.25) is 0 Å². The first kappa shape index (κ1) is 14.2. The molecule has 0 atom stereocenters. The molecule has 1 aliphatic heterocycles. The van der Waals surface area contributed by atoms with Crippen molar-refractivity contribution < 1.29 is 24.1 Å². The first-order chi connectivity index (χ1) is 10.2. The zero-order valence-corrected chi connectivity index (χ0v) is 12.2. The summed E-state index contributed by atoms with van der Waals surface area (Å²) in [4.78, 5) is 12.0. The van der Waals surface area contributed by atoms with Crippen molar-refractivity contribution in [1.29, 1.82) is 0 Å². The van der Waals surface area contributed by atoms with Crippen LogP contribution >= 0.6 is 0 Å². The molecule has 2 aliphatic rings. The number of ether oxygens (including phenoxy) is 3. The Bertz CT molecular complexity index is 546. The fraction of sp³-hybridized carbons (Fsp3) is 0.562. The van der Waals surface area contributed by atoms with E-state index in [1.54, 1.807) is 7.11 Å². The van der Waals surface area contributed by atoms with Gasteiger partial charge in [-0.15, -0.1) is 0 Å². The lowest BCUT2D eigenvalue weighted by Crippen LogP contribution is -2.38. The maximum Gasteiger partial charge on any atom is 0.314 e. The van der Waals surface area contributed by atoms with Crippen LogP contribution in [-0.4, -0.2) is 25.0 Å². The number of aliphatic carboxylic acids is 1. The van der Waals surface area contributed by atoms with Crippen molar-refractivity contribution >= 4 is 5.97 Å². The molecule has 0 bridgehead atoms. The second kappa shape index (κ2) is 5.56.